The van der Waals surface area contributed by atoms with Gasteiger partial charge in [0.2, 0.25) is 0 Å². The summed E-state index contributed by atoms with van der Waals surface area (Å²) in [5.74, 6) is 0.702. The van der Waals surface area contributed by atoms with Gasteiger partial charge in [-0.2, -0.15) is 0 Å². The van der Waals surface area contributed by atoms with Crippen LogP contribution in [0.3, 0.4) is 0 Å². The van der Waals surface area contributed by atoms with Crippen LogP contribution in [0.15, 0.2) is 193 Å². The van der Waals surface area contributed by atoms with Crippen LogP contribution in [0.5, 0.6) is 0 Å². The normalized spacial score (nSPS) is 11.6. The topological polar surface area (TPSA) is 33.4 Å². The van der Waals surface area contributed by atoms with E-state index in [1.165, 1.54) is 48.5 Å². The van der Waals surface area contributed by atoms with Gasteiger partial charge in [0, 0.05) is 55.3 Å². The van der Waals surface area contributed by atoms with Crippen LogP contribution in [0, 0.1) is 0 Å². The molecule has 4 heterocycles. The van der Waals surface area contributed by atoms with Crippen molar-refractivity contribution >= 4 is 65.8 Å². The Kier molecular flexibility index (Phi) is 7.32. The van der Waals surface area contributed by atoms with Crippen molar-refractivity contribution < 1.29 is 0 Å². The lowest BCUT2D eigenvalue weighted by molar-refractivity contribution is 1.18. The number of hydrogen-bond acceptors (Lipinski definition) is 4. The quantitative estimate of drug-likeness (QED) is 0.164. The van der Waals surface area contributed by atoms with Gasteiger partial charge in [0.1, 0.15) is 4.83 Å². The molecule has 4 nitrogen and oxygen atoms in total. The van der Waals surface area contributed by atoms with Crippen LogP contribution < -0.4 is 4.90 Å². The van der Waals surface area contributed by atoms with Crippen molar-refractivity contribution in [2.75, 3.05) is 4.90 Å². The Morgan fingerprint density at radius 3 is 1.58 bits per heavy atom. The lowest BCUT2D eigenvalue weighted by atomic mass is 9.98. The van der Waals surface area contributed by atoms with Crippen molar-refractivity contribution in [1.29, 1.82) is 0 Å². The minimum Gasteiger partial charge on any atom is -0.311 e. The SMILES string of the molecule is c1ccc(-c2nc(-c3ccc(-c4cc5c6ccccc6n6c7sccc7c(c4)c56)cc3)cc(-c3ccc(N(c4ccccc4)c4ccccc4)cc3)n2)cc1. The van der Waals surface area contributed by atoms with E-state index >= 15 is 0 Å². The third-order valence-corrected chi connectivity index (χ3v) is 11.5. The summed E-state index contributed by atoms with van der Waals surface area (Å²) in [4.78, 5) is 13.8. The molecular formula is C50H32N4S. The highest BCUT2D eigenvalue weighted by Crippen LogP contribution is 2.43. The van der Waals surface area contributed by atoms with Crippen LogP contribution in [0.25, 0.3) is 82.4 Å². The largest absolute Gasteiger partial charge is 0.311 e. The van der Waals surface area contributed by atoms with Gasteiger partial charge < -0.3 is 4.90 Å². The number of para-hydroxylation sites is 3. The number of hydrogen-bond donors (Lipinski definition) is 0. The van der Waals surface area contributed by atoms with Gasteiger partial charge >= 0.3 is 0 Å². The van der Waals surface area contributed by atoms with E-state index in [0.717, 1.165) is 45.1 Å². The maximum Gasteiger partial charge on any atom is 0.160 e. The monoisotopic (exact) mass is 720 g/mol. The van der Waals surface area contributed by atoms with Gasteiger partial charge in [0.25, 0.3) is 0 Å². The second kappa shape index (κ2) is 12.8. The van der Waals surface area contributed by atoms with Crippen molar-refractivity contribution in [1.82, 2.24) is 14.4 Å². The summed E-state index contributed by atoms with van der Waals surface area (Å²) in [5.41, 5.74) is 13.1. The van der Waals surface area contributed by atoms with E-state index in [-0.39, 0.29) is 0 Å². The highest BCUT2D eigenvalue weighted by Gasteiger charge is 2.20. The first kappa shape index (κ1) is 31.4. The Balaban J connectivity index is 0.990. The van der Waals surface area contributed by atoms with Gasteiger partial charge in [0.15, 0.2) is 5.82 Å². The van der Waals surface area contributed by atoms with Gasteiger partial charge in [0.05, 0.1) is 22.4 Å². The summed E-state index contributed by atoms with van der Waals surface area (Å²) in [7, 11) is 0. The van der Waals surface area contributed by atoms with E-state index in [1.54, 1.807) is 0 Å². The highest BCUT2D eigenvalue weighted by molar-refractivity contribution is 7.17. The van der Waals surface area contributed by atoms with Gasteiger partial charge in [-0.05, 0) is 83.2 Å². The first-order valence-corrected chi connectivity index (χ1v) is 19.4. The molecule has 0 unspecified atom stereocenters. The first-order valence-electron chi connectivity index (χ1n) is 18.5. The maximum absolute atomic E-state index is 5.13. The number of fused-ring (bicyclic) bond motifs is 6. The molecule has 0 bridgehead atoms. The van der Waals surface area contributed by atoms with Crippen LogP contribution in [0.1, 0.15) is 0 Å². The number of anilines is 3. The summed E-state index contributed by atoms with van der Waals surface area (Å²) in [6.45, 7) is 0. The Bertz CT molecular complexity index is 3070. The predicted molar refractivity (Wildman–Crippen MR) is 231 cm³/mol. The molecule has 0 aliphatic carbocycles. The van der Waals surface area contributed by atoms with Crippen LogP contribution in [0.4, 0.5) is 17.1 Å². The van der Waals surface area contributed by atoms with Crippen LogP contribution in [-0.4, -0.2) is 14.4 Å². The van der Waals surface area contributed by atoms with Crippen molar-refractivity contribution in [2.24, 2.45) is 0 Å². The second-order valence-corrected chi connectivity index (χ2v) is 14.8. The molecule has 0 aliphatic rings. The molecule has 0 atom stereocenters. The first-order chi connectivity index (χ1) is 27.3. The summed E-state index contributed by atoms with van der Waals surface area (Å²) in [6.07, 6.45) is 0. The van der Waals surface area contributed by atoms with Gasteiger partial charge in [-0.3, -0.25) is 4.40 Å². The molecule has 0 N–H and O–H groups in total. The third-order valence-electron chi connectivity index (χ3n) is 10.6. The van der Waals surface area contributed by atoms with Gasteiger partial charge in [-0.1, -0.05) is 121 Å². The summed E-state index contributed by atoms with van der Waals surface area (Å²) >= 11 is 1.81. The zero-order valence-corrected chi connectivity index (χ0v) is 30.5. The molecule has 11 rings (SSSR count). The average molecular weight is 721 g/mol. The molecule has 5 heteroatoms. The lowest BCUT2D eigenvalue weighted by Crippen LogP contribution is -2.09. The van der Waals surface area contributed by atoms with Crippen LogP contribution in [-0.2, 0) is 0 Å². The minimum absolute atomic E-state index is 0.702. The molecule has 0 saturated carbocycles. The molecular weight excluding hydrogens is 689 g/mol. The van der Waals surface area contributed by atoms with Gasteiger partial charge in [-0.15, -0.1) is 11.3 Å². The Labute approximate surface area is 322 Å². The zero-order valence-electron chi connectivity index (χ0n) is 29.7. The molecule has 0 amide bonds. The van der Waals surface area contributed by atoms with Crippen molar-refractivity contribution in [3.05, 3.63) is 193 Å². The smallest absolute Gasteiger partial charge is 0.160 e. The Morgan fingerprint density at radius 2 is 0.927 bits per heavy atom. The fourth-order valence-electron chi connectivity index (χ4n) is 8.04. The molecule has 0 spiro atoms. The summed E-state index contributed by atoms with van der Waals surface area (Å²) < 4.78 is 2.44. The van der Waals surface area contributed by atoms with E-state index in [4.69, 9.17) is 9.97 Å². The van der Waals surface area contributed by atoms with E-state index in [1.807, 2.05) is 41.7 Å². The predicted octanol–water partition coefficient (Wildman–Crippen LogP) is 13.8. The Hall–Kier alpha value is -7.08. The molecule has 0 fully saturated rings. The number of rotatable bonds is 7. The maximum atomic E-state index is 5.13. The lowest BCUT2D eigenvalue weighted by Gasteiger charge is -2.25. The van der Waals surface area contributed by atoms with Crippen LogP contribution >= 0.6 is 11.3 Å². The highest BCUT2D eigenvalue weighted by atomic mass is 32.1. The van der Waals surface area contributed by atoms with Crippen molar-refractivity contribution in [3.63, 3.8) is 0 Å². The van der Waals surface area contributed by atoms with E-state index in [2.05, 4.69) is 172 Å². The van der Waals surface area contributed by atoms with E-state index < -0.39 is 0 Å². The number of aromatic nitrogens is 3. The zero-order chi connectivity index (χ0) is 36.3. The molecule has 0 saturated heterocycles. The molecule has 258 valence electrons. The van der Waals surface area contributed by atoms with Gasteiger partial charge in [-0.25, -0.2) is 9.97 Å². The fourth-order valence-corrected chi connectivity index (χ4v) is 8.97. The second-order valence-electron chi connectivity index (χ2n) is 13.9. The summed E-state index contributed by atoms with van der Waals surface area (Å²) in [6, 6.07) is 66.6. The Morgan fingerprint density at radius 1 is 0.400 bits per heavy atom. The third kappa shape index (κ3) is 5.28. The molecule has 4 aromatic heterocycles. The number of benzene rings is 7. The number of nitrogens with zero attached hydrogens (tertiary/aromatic N) is 4. The molecule has 55 heavy (non-hydrogen) atoms. The molecule has 0 aliphatic heterocycles. The standard InChI is InChI=1S/C50H32N4S/c1-4-12-36(13-5-1)49-51-45(32-46(52-49)35-24-26-40(27-25-35)53(38-14-6-2-7-15-38)39-16-8-3-9-17-39)34-22-20-33(21-23-34)37-30-43-41-18-10-11-19-47(41)54-48(43)44(31-37)42-28-29-55-50(42)54/h1-32H. The van der Waals surface area contributed by atoms with E-state index in [0.29, 0.717) is 5.82 Å². The van der Waals surface area contributed by atoms with Crippen LogP contribution in [0.2, 0.25) is 0 Å². The molecule has 0 radical (unpaired) electrons. The number of thiophene rings is 1. The summed E-state index contributed by atoms with van der Waals surface area (Å²) in [5, 5.41) is 7.41. The van der Waals surface area contributed by atoms with Crippen molar-refractivity contribution in [2.45, 2.75) is 0 Å². The molecule has 11 aromatic rings. The minimum atomic E-state index is 0.702. The fraction of sp³-hybridized carbons (Fsp3) is 0. The van der Waals surface area contributed by atoms with E-state index in [9.17, 15) is 0 Å². The average Bonchev–Trinajstić information content (AvgIpc) is 3.96. The molecule has 7 aromatic carbocycles. The van der Waals surface area contributed by atoms with Crippen molar-refractivity contribution in [3.8, 4) is 45.0 Å².